The number of carbonyl (C=O) groups is 1. The van der Waals surface area contributed by atoms with Crippen molar-refractivity contribution in [2.24, 2.45) is 0 Å². The van der Waals surface area contributed by atoms with E-state index < -0.39 is 0 Å². The SMILES string of the molecule is CCc1noc(CC)c1CC(=O)N[C@@H]1CCCOc2ccccc21. The number of hydrogen-bond acceptors (Lipinski definition) is 4. The van der Waals surface area contributed by atoms with Crippen molar-refractivity contribution >= 4 is 5.91 Å². The van der Waals surface area contributed by atoms with E-state index in [0.29, 0.717) is 13.0 Å². The molecule has 5 heteroatoms. The van der Waals surface area contributed by atoms with E-state index in [4.69, 9.17) is 9.26 Å². The summed E-state index contributed by atoms with van der Waals surface area (Å²) in [6.45, 7) is 4.73. The normalized spacial score (nSPS) is 16.8. The Morgan fingerprint density at radius 1 is 1.29 bits per heavy atom. The van der Waals surface area contributed by atoms with Crippen LogP contribution in [0.2, 0.25) is 0 Å². The van der Waals surface area contributed by atoms with Crippen molar-refractivity contribution in [2.45, 2.75) is 52.0 Å². The fraction of sp³-hybridized carbons (Fsp3) is 0.474. The van der Waals surface area contributed by atoms with Gasteiger partial charge in [0.05, 0.1) is 24.8 Å². The molecule has 0 aliphatic carbocycles. The van der Waals surface area contributed by atoms with E-state index in [-0.39, 0.29) is 11.9 Å². The lowest BCUT2D eigenvalue weighted by atomic mass is 10.0. The molecule has 2 heterocycles. The average molecular weight is 328 g/mol. The second kappa shape index (κ2) is 7.51. The Morgan fingerprint density at radius 3 is 2.92 bits per heavy atom. The van der Waals surface area contributed by atoms with Gasteiger partial charge in [-0.05, 0) is 25.3 Å². The molecule has 1 aliphatic rings. The largest absolute Gasteiger partial charge is 0.493 e. The third kappa shape index (κ3) is 3.45. The number of carbonyl (C=O) groups excluding carboxylic acids is 1. The highest BCUT2D eigenvalue weighted by Gasteiger charge is 2.23. The maximum absolute atomic E-state index is 12.6. The highest BCUT2D eigenvalue weighted by Crippen LogP contribution is 2.31. The van der Waals surface area contributed by atoms with Crippen LogP contribution in [-0.2, 0) is 24.1 Å². The van der Waals surface area contributed by atoms with Crippen molar-refractivity contribution in [3.05, 3.63) is 46.8 Å². The molecule has 1 aromatic carbocycles. The van der Waals surface area contributed by atoms with Crippen molar-refractivity contribution in [2.75, 3.05) is 6.61 Å². The van der Waals surface area contributed by atoms with Gasteiger partial charge >= 0.3 is 0 Å². The molecule has 24 heavy (non-hydrogen) atoms. The molecule has 0 bridgehead atoms. The first kappa shape index (κ1) is 16.6. The molecule has 2 aromatic rings. The first-order valence-electron chi connectivity index (χ1n) is 8.70. The lowest BCUT2D eigenvalue weighted by Crippen LogP contribution is -2.30. The predicted octanol–water partition coefficient (Wildman–Crippen LogP) is 3.37. The summed E-state index contributed by atoms with van der Waals surface area (Å²) in [5.74, 6) is 1.68. The molecule has 0 unspecified atom stereocenters. The zero-order chi connectivity index (χ0) is 16.9. The van der Waals surface area contributed by atoms with Gasteiger partial charge in [-0.25, -0.2) is 0 Å². The third-order valence-electron chi connectivity index (χ3n) is 4.47. The number of fused-ring (bicyclic) bond motifs is 1. The number of aromatic nitrogens is 1. The molecule has 0 saturated carbocycles. The quantitative estimate of drug-likeness (QED) is 0.914. The minimum absolute atomic E-state index is 0.00398. The van der Waals surface area contributed by atoms with Crippen molar-refractivity contribution in [3.63, 3.8) is 0 Å². The van der Waals surface area contributed by atoms with Gasteiger partial charge in [-0.2, -0.15) is 0 Å². The molecule has 3 rings (SSSR count). The summed E-state index contributed by atoms with van der Waals surface area (Å²) >= 11 is 0. The Bertz CT molecular complexity index is 687. The Balaban J connectivity index is 1.75. The van der Waals surface area contributed by atoms with Gasteiger partial charge in [0.1, 0.15) is 11.5 Å². The van der Waals surface area contributed by atoms with Gasteiger partial charge < -0.3 is 14.6 Å². The topological polar surface area (TPSA) is 64.4 Å². The molecular weight excluding hydrogens is 304 g/mol. The van der Waals surface area contributed by atoms with Crippen molar-refractivity contribution in [1.82, 2.24) is 10.5 Å². The van der Waals surface area contributed by atoms with E-state index in [9.17, 15) is 4.79 Å². The standard InChI is InChI=1S/C19H24N2O3/c1-3-15-14(17(4-2)24-21-15)12-19(22)20-16-9-7-11-23-18-10-6-5-8-13(16)18/h5-6,8,10,16H,3-4,7,9,11-12H2,1-2H3,(H,20,22)/t16-/m1/s1. The second-order valence-electron chi connectivity index (χ2n) is 6.06. The molecule has 1 amide bonds. The van der Waals surface area contributed by atoms with Gasteiger partial charge in [0, 0.05) is 17.5 Å². The van der Waals surface area contributed by atoms with Crippen LogP contribution in [0.15, 0.2) is 28.8 Å². The summed E-state index contributed by atoms with van der Waals surface area (Å²) < 4.78 is 11.1. The van der Waals surface area contributed by atoms with Crippen LogP contribution in [0.5, 0.6) is 5.75 Å². The molecular formula is C19H24N2O3. The van der Waals surface area contributed by atoms with Gasteiger partial charge in [-0.1, -0.05) is 37.2 Å². The second-order valence-corrected chi connectivity index (χ2v) is 6.06. The van der Waals surface area contributed by atoms with E-state index in [2.05, 4.69) is 10.5 Å². The molecule has 0 spiro atoms. The Morgan fingerprint density at radius 2 is 2.12 bits per heavy atom. The van der Waals surface area contributed by atoms with Crippen molar-refractivity contribution < 1.29 is 14.1 Å². The minimum Gasteiger partial charge on any atom is -0.493 e. The van der Waals surface area contributed by atoms with E-state index in [0.717, 1.165) is 54.0 Å². The first-order chi connectivity index (χ1) is 11.7. The first-order valence-corrected chi connectivity index (χ1v) is 8.70. The lowest BCUT2D eigenvalue weighted by molar-refractivity contribution is -0.121. The number of para-hydroxylation sites is 1. The number of nitrogens with one attached hydrogen (secondary N) is 1. The molecule has 1 atom stereocenters. The molecule has 1 N–H and O–H groups in total. The molecule has 0 radical (unpaired) electrons. The number of nitrogens with zero attached hydrogens (tertiary/aromatic N) is 1. The van der Waals surface area contributed by atoms with Crippen LogP contribution in [0.4, 0.5) is 0 Å². The maximum atomic E-state index is 12.6. The van der Waals surface area contributed by atoms with Crippen molar-refractivity contribution in [1.29, 1.82) is 0 Å². The molecule has 1 aromatic heterocycles. The van der Waals surface area contributed by atoms with E-state index in [1.807, 2.05) is 38.1 Å². The van der Waals surface area contributed by atoms with E-state index in [1.165, 1.54) is 0 Å². The van der Waals surface area contributed by atoms with E-state index >= 15 is 0 Å². The van der Waals surface area contributed by atoms with Crippen LogP contribution in [0.25, 0.3) is 0 Å². The average Bonchev–Trinajstić information content (AvgIpc) is 2.88. The Labute approximate surface area is 142 Å². The summed E-state index contributed by atoms with van der Waals surface area (Å²) in [6, 6.07) is 7.92. The van der Waals surface area contributed by atoms with Gasteiger partial charge in [0.2, 0.25) is 5.91 Å². The molecule has 128 valence electrons. The number of rotatable bonds is 5. The Hall–Kier alpha value is -2.30. The zero-order valence-corrected chi connectivity index (χ0v) is 14.3. The zero-order valence-electron chi connectivity index (χ0n) is 14.3. The minimum atomic E-state index is -0.00814. The van der Waals surface area contributed by atoms with Gasteiger partial charge in [0.25, 0.3) is 0 Å². The highest BCUT2D eigenvalue weighted by molar-refractivity contribution is 5.79. The summed E-state index contributed by atoms with van der Waals surface area (Å²) in [7, 11) is 0. The number of hydrogen-bond donors (Lipinski definition) is 1. The molecule has 0 fully saturated rings. The van der Waals surface area contributed by atoms with Crippen LogP contribution >= 0.6 is 0 Å². The van der Waals surface area contributed by atoms with Crippen LogP contribution in [0.1, 0.15) is 55.3 Å². The van der Waals surface area contributed by atoms with Gasteiger partial charge in [0.15, 0.2) is 0 Å². The number of aryl methyl sites for hydroxylation is 2. The lowest BCUT2D eigenvalue weighted by Gasteiger charge is -2.18. The van der Waals surface area contributed by atoms with Gasteiger partial charge in [-0.3, -0.25) is 4.79 Å². The third-order valence-corrected chi connectivity index (χ3v) is 4.47. The molecule has 0 saturated heterocycles. The van der Waals surface area contributed by atoms with Crippen LogP contribution in [0, 0.1) is 0 Å². The van der Waals surface area contributed by atoms with Gasteiger partial charge in [-0.15, -0.1) is 0 Å². The van der Waals surface area contributed by atoms with Crippen molar-refractivity contribution in [3.8, 4) is 5.75 Å². The highest BCUT2D eigenvalue weighted by atomic mass is 16.5. The smallest absolute Gasteiger partial charge is 0.225 e. The monoisotopic (exact) mass is 328 g/mol. The summed E-state index contributed by atoms with van der Waals surface area (Å²) in [5, 5.41) is 7.25. The molecule has 5 nitrogen and oxygen atoms in total. The summed E-state index contributed by atoms with van der Waals surface area (Å²) in [4.78, 5) is 12.6. The predicted molar refractivity (Wildman–Crippen MR) is 91.0 cm³/mol. The van der Waals surface area contributed by atoms with Crippen LogP contribution in [-0.4, -0.2) is 17.7 Å². The van der Waals surface area contributed by atoms with Crippen LogP contribution in [0.3, 0.4) is 0 Å². The fourth-order valence-electron chi connectivity index (χ4n) is 3.22. The van der Waals surface area contributed by atoms with E-state index in [1.54, 1.807) is 0 Å². The molecule has 1 aliphatic heterocycles. The van der Waals surface area contributed by atoms with Crippen LogP contribution < -0.4 is 10.1 Å². The number of benzene rings is 1. The Kier molecular flexibility index (Phi) is 5.18. The number of ether oxygens (including phenoxy) is 1. The summed E-state index contributed by atoms with van der Waals surface area (Å²) in [6.07, 6.45) is 3.64. The summed E-state index contributed by atoms with van der Waals surface area (Å²) in [5.41, 5.74) is 2.88. The fourth-order valence-corrected chi connectivity index (χ4v) is 3.22. The maximum Gasteiger partial charge on any atom is 0.225 e. The number of amides is 1.